The van der Waals surface area contributed by atoms with E-state index in [4.69, 9.17) is 5.73 Å². The Morgan fingerprint density at radius 2 is 2.31 bits per heavy atom. The second kappa shape index (κ2) is 3.51. The van der Waals surface area contributed by atoms with Crippen LogP contribution >= 0.6 is 0 Å². The Labute approximate surface area is 80.0 Å². The zero-order chi connectivity index (χ0) is 9.26. The lowest BCUT2D eigenvalue weighted by molar-refractivity contribution is 0.560. The fourth-order valence-corrected chi connectivity index (χ4v) is 2.29. The van der Waals surface area contributed by atoms with Crippen LogP contribution in [-0.4, -0.2) is 6.54 Å². The summed E-state index contributed by atoms with van der Waals surface area (Å²) in [5.74, 6) is 0.615. The minimum atomic E-state index is 0.615. The number of rotatable bonds is 1. The topological polar surface area (TPSA) is 26.0 Å². The van der Waals surface area contributed by atoms with Crippen LogP contribution in [0.15, 0.2) is 18.2 Å². The van der Waals surface area contributed by atoms with E-state index in [0.717, 1.165) is 6.54 Å². The molecule has 1 aromatic rings. The van der Waals surface area contributed by atoms with Crippen LogP contribution in [0.4, 0.5) is 0 Å². The van der Waals surface area contributed by atoms with Gasteiger partial charge in [-0.1, -0.05) is 23.8 Å². The van der Waals surface area contributed by atoms with E-state index in [1.54, 1.807) is 0 Å². The van der Waals surface area contributed by atoms with E-state index >= 15 is 0 Å². The number of fused-ring (bicyclic) bond motifs is 1. The summed E-state index contributed by atoms with van der Waals surface area (Å²) in [7, 11) is 0. The van der Waals surface area contributed by atoms with Crippen LogP contribution in [0.3, 0.4) is 0 Å². The Hall–Kier alpha value is -0.820. The maximum atomic E-state index is 5.76. The second-order valence-corrected chi connectivity index (χ2v) is 4.03. The molecule has 2 N–H and O–H groups in total. The lowest BCUT2D eigenvalue weighted by Gasteiger charge is -2.24. The van der Waals surface area contributed by atoms with Crippen molar-refractivity contribution in [1.82, 2.24) is 0 Å². The minimum absolute atomic E-state index is 0.615. The normalized spacial score (nSPS) is 21.2. The van der Waals surface area contributed by atoms with Gasteiger partial charge in [0.15, 0.2) is 0 Å². The highest BCUT2D eigenvalue weighted by Gasteiger charge is 2.18. The fourth-order valence-electron chi connectivity index (χ4n) is 2.29. The molecule has 1 nitrogen and oxygen atoms in total. The molecule has 0 amide bonds. The molecule has 0 aromatic heterocycles. The SMILES string of the molecule is Cc1ccc2c(c1)CCCC2CN. The van der Waals surface area contributed by atoms with Gasteiger partial charge in [0.05, 0.1) is 0 Å². The second-order valence-electron chi connectivity index (χ2n) is 4.03. The lowest BCUT2D eigenvalue weighted by Crippen LogP contribution is -2.18. The average Bonchev–Trinajstić information content (AvgIpc) is 2.16. The first-order valence-electron chi connectivity index (χ1n) is 5.11. The van der Waals surface area contributed by atoms with Crippen molar-refractivity contribution in [3.05, 3.63) is 34.9 Å². The zero-order valence-corrected chi connectivity index (χ0v) is 8.22. The van der Waals surface area contributed by atoms with Crippen molar-refractivity contribution in [3.8, 4) is 0 Å². The van der Waals surface area contributed by atoms with Crippen molar-refractivity contribution in [2.24, 2.45) is 5.73 Å². The molecule has 0 aliphatic heterocycles. The molecule has 0 fully saturated rings. The predicted molar refractivity (Wildman–Crippen MR) is 55.9 cm³/mol. The highest BCUT2D eigenvalue weighted by molar-refractivity contribution is 5.36. The molecular formula is C12H17N. The molecule has 2 rings (SSSR count). The van der Waals surface area contributed by atoms with Crippen molar-refractivity contribution < 1.29 is 0 Å². The monoisotopic (exact) mass is 175 g/mol. The quantitative estimate of drug-likeness (QED) is 0.696. The summed E-state index contributed by atoms with van der Waals surface area (Å²) in [6.45, 7) is 2.96. The number of hydrogen-bond donors (Lipinski definition) is 1. The summed E-state index contributed by atoms with van der Waals surface area (Å²) >= 11 is 0. The third-order valence-corrected chi connectivity index (χ3v) is 3.02. The van der Waals surface area contributed by atoms with Crippen LogP contribution in [0.1, 0.15) is 35.4 Å². The molecule has 0 radical (unpaired) electrons. The van der Waals surface area contributed by atoms with Gasteiger partial charge in [0, 0.05) is 0 Å². The van der Waals surface area contributed by atoms with Crippen LogP contribution in [0.5, 0.6) is 0 Å². The molecule has 1 aromatic carbocycles. The number of benzene rings is 1. The average molecular weight is 175 g/mol. The third-order valence-electron chi connectivity index (χ3n) is 3.02. The Morgan fingerprint density at radius 3 is 3.08 bits per heavy atom. The van der Waals surface area contributed by atoms with E-state index in [0.29, 0.717) is 5.92 Å². The summed E-state index contributed by atoms with van der Waals surface area (Å²) in [4.78, 5) is 0. The van der Waals surface area contributed by atoms with Gasteiger partial charge in [-0.25, -0.2) is 0 Å². The van der Waals surface area contributed by atoms with Crippen LogP contribution in [0.25, 0.3) is 0 Å². The van der Waals surface area contributed by atoms with Gasteiger partial charge in [-0.15, -0.1) is 0 Å². The maximum absolute atomic E-state index is 5.76. The van der Waals surface area contributed by atoms with E-state index in [1.165, 1.54) is 36.0 Å². The van der Waals surface area contributed by atoms with Crippen molar-refractivity contribution in [3.63, 3.8) is 0 Å². The Balaban J connectivity index is 2.40. The molecule has 1 atom stereocenters. The van der Waals surface area contributed by atoms with E-state index in [-0.39, 0.29) is 0 Å². The van der Waals surface area contributed by atoms with Gasteiger partial charge in [-0.3, -0.25) is 0 Å². The van der Waals surface area contributed by atoms with Crippen LogP contribution < -0.4 is 5.73 Å². The van der Waals surface area contributed by atoms with Gasteiger partial charge in [0.25, 0.3) is 0 Å². The number of aryl methyl sites for hydroxylation is 2. The molecule has 0 bridgehead atoms. The smallest absolute Gasteiger partial charge is 0.000813 e. The van der Waals surface area contributed by atoms with Crippen LogP contribution in [0, 0.1) is 6.92 Å². The summed E-state index contributed by atoms with van der Waals surface area (Å²) in [6, 6.07) is 6.78. The molecule has 13 heavy (non-hydrogen) atoms. The molecule has 70 valence electrons. The third kappa shape index (κ3) is 1.61. The molecule has 1 unspecified atom stereocenters. The Morgan fingerprint density at radius 1 is 1.46 bits per heavy atom. The molecule has 1 aliphatic rings. The first-order valence-corrected chi connectivity index (χ1v) is 5.11. The standard InChI is InChI=1S/C12H17N/c1-9-5-6-12-10(7-9)3-2-4-11(12)8-13/h5-7,11H,2-4,8,13H2,1H3. The largest absolute Gasteiger partial charge is 0.330 e. The van der Waals surface area contributed by atoms with Crippen molar-refractivity contribution in [2.45, 2.75) is 32.1 Å². The summed E-state index contributed by atoms with van der Waals surface area (Å²) in [5, 5.41) is 0. The van der Waals surface area contributed by atoms with Gasteiger partial charge in [0.2, 0.25) is 0 Å². The summed E-state index contributed by atoms with van der Waals surface area (Å²) in [6.07, 6.45) is 3.82. The van der Waals surface area contributed by atoms with E-state index < -0.39 is 0 Å². The van der Waals surface area contributed by atoms with Gasteiger partial charge in [-0.2, -0.15) is 0 Å². The number of hydrogen-bond acceptors (Lipinski definition) is 1. The predicted octanol–water partition coefficient (Wildman–Crippen LogP) is 2.37. The van der Waals surface area contributed by atoms with E-state index in [2.05, 4.69) is 25.1 Å². The fraction of sp³-hybridized carbons (Fsp3) is 0.500. The van der Waals surface area contributed by atoms with Gasteiger partial charge in [-0.05, 0) is 49.8 Å². The molecule has 0 heterocycles. The van der Waals surface area contributed by atoms with E-state index in [9.17, 15) is 0 Å². The Kier molecular flexibility index (Phi) is 2.36. The van der Waals surface area contributed by atoms with Crippen molar-refractivity contribution in [1.29, 1.82) is 0 Å². The van der Waals surface area contributed by atoms with Crippen LogP contribution in [-0.2, 0) is 6.42 Å². The van der Waals surface area contributed by atoms with Gasteiger partial charge in [0.1, 0.15) is 0 Å². The highest BCUT2D eigenvalue weighted by atomic mass is 14.6. The van der Waals surface area contributed by atoms with Gasteiger partial charge >= 0.3 is 0 Å². The van der Waals surface area contributed by atoms with E-state index in [1.807, 2.05) is 0 Å². The molecule has 1 heteroatoms. The maximum Gasteiger partial charge on any atom is -0.000813 e. The first-order chi connectivity index (χ1) is 6.31. The number of nitrogens with two attached hydrogens (primary N) is 1. The van der Waals surface area contributed by atoms with Crippen LogP contribution in [0.2, 0.25) is 0 Å². The molecule has 0 saturated carbocycles. The minimum Gasteiger partial charge on any atom is -0.330 e. The molecule has 0 saturated heterocycles. The zero-order valence-electron chi connectivity index (χ0n) is 8.22. The summed E-state index contributed by atoms with van der Waals surface area (Å²) in [5.41, 5.74) is 10.2. The molecular weight excluding hydrogens is 158 g/mol. The first kappa shape index (κ1) is 8.76. The highest BCUT2D eigenvalue weighted by Crippen LogP contribution is 2.31. The summed E-state index contributed by atoms with van der Waals surface area (Å²) < 4.78 is 0. The molecule has 0 spiro atoms. The Bertz CT molecular complexity index is 304. The molecule has 1 aliphatic carbocycles. The van der Waals surface area contributed by atoms with Crippen molar-refractivity contribution in [2.75, 3.05) is 6.54 Å². The lowest BCUT2D eigenvalue weighted by atomic mass is 9.82. The van der Waals surface area contributed by atoms with Crippen molar-refractivity contribution >= 4 is 0 Å². The van der Waals surface area contributed by atoms with Gasteiger partial charge < -0.3 is 5.73 Å².